The van der Waals surface area contributed by atoms with Gasteiger partial charge in [-0.3, -0.25) is 0 Å². The highest BCUT2D eigenvalue weighted by atomic mass is 35.5. The lowest BCUT2D eigenvalue weighted by Crippen LogP contribution is -2.09. The average Bonchev–Trinajstić information content (AvgIpc) is 2.31. The zero-order chi connectivity index (χ0) is 9.30. The van der Waals surface area contributed by atoms with Gasteiger partial charge in [-0.1, -0.05) is 13.8 Å². The summed E-state index contributed by atoms with van der Waals surface area (Å²) < 4.78 is 1.87. The molecule has 0 unspecified atom stereocenters. The summed E-state index contributed by atoms with van der Waals surface area (Å²) in [6.45, 7) is 8.30. The zero-order valence-electron chi connectivity index (χ0n) is 7.87. The van der Waals surface area contributed by atoms with Crippen molar-refractivity contribution in [3.8, 4) is 0 Å². The van der Waals surface area contributed by atoms with E-state index in [1.54, 1.807) is 0 Å². The van der Waals surface area contributed by atoms with E-state index in [0.29, 0.717) is 17.2 Å². The molecule has 0 fully saturated rings. The van der Waals surface area contributed by atoms with Crippen molar-refractivity contribution < 1.29 is 0 Å². The SMILES string of the molecule is CC(C)c1nc(Cl)nn1C(C)C. The molecule has 0 radical (unpaired) electrons. The molecule has 0 N–H and O–H groups in total. The maximum absolute atomic E-state index is 5.71. The van der Waals surface area contributed by atoms with Crippen molar-refractivity contribution >= 4 is 11.6 Å². The molecule has 3 nitrogen and oxygen atoms in total. The number of aromatic nitrogens is 3. The van der Waals surface area contributed by atoms with E-state index in [0.717, 1.165) is 5.82 Å². The van der Waals surface area contributed by atoms with Gasteiger partial charge in [0.05, 0.1) is 0 Å². The first-order valence-electron chi connectivity index (χ1n) is 4.14. The Morgan fingerprint density at radius 3 is 2.17 bits per heavy atom. The minimum absolute atomic E-state index is 0.322. The molecule has 0 bridgehead atoms. The second-order valence-corrected chi connectivity index (χ2v) is 3.77. The van der Waals surface area contributed by atoms with Crippen LogP contribution in [0.1, 0.15) is 45.5 Å². The van der Waals surface area contributed by atoms with E-state index in [4.69, 9.17) is 11.6 Å². The fourth-order valence-corrected chi connectivity index (χ4v) is 1.25. The molecule has 1 aromatic heterocycles. The predicted molar refractivity (Wildman–Crippen MR) is 49.5 cm³/mol. The van der Waals surface area contributed by atoms with Gasteiger partial charge in [0.2, 0.25) is 5.28 Å². The topological polar surface area (TPSA) is 30.7 Å². The molecule has 0 spiro atoms. The number of hydrogen-bond donors (Lipinski definition) is 0. The van der Waals surface area contributed by atoms with Gasteiger partial charge in [-0.05, 0) is 25.4 Å². The highest BCUT2D eigenvalue weighted by Gasteiger charge is 2.13. The Kier molecular flexibility index (Phi) is 2.73. The predicted octanol–water partition coefficient (Wildman–Crippen LogP) is 2.64. The number of nitrogens with zero attached hydrogens (tertiary/aromatic N) is 3. The quantitative estimate of drug-likeness (QED) is 0.713. The molecule has 4 heteroatoms. The van der Waals surface area contributed by atoms with Crippen LogP contribution in [0, 0.1) is 0 Å². The van der Waals surface area contributed by atoms with Crippen molar-refractivity contribution in [2.45, 2.75) is 39.7 Å². The monoisotopic (exact) mass is 187 g/mol. The Hall–Kier alpha value is -0.570. The highest BCUT2D eigenvalue weighted by molar-refractivity contribution is 6.28. The molecule has 0 aromatic carbocycles. The van der Waals surface area contributed by atoms with Crippen molar-refractivity contribution in [1.29, 1.82) is 0 Å². The first kappa shape index (κ1) is 9.52. The zero-order valence-corrected chi connectivity index (χ0v) is 8.63. The molecule has 0 aliphatic heterocycles. The first-order chi connectivity index (χ1) is 5.52. The minimum atomic E-state index is 0.322. The van der Waals surface area contributed by atoms with Crippen molar-refractivity contribution in [2.75, 3.05) is 0 Å². The van der Waals surface area contributed by atoms with Gasteiger partial charge in [-0.2, -0.15) is 0 Å². The summed E-state index contributed by atoms with van der Waals surface area (Å²) in [4.78, 5) is 4.15. The van der Waals surface area contributed by atoms with E-state index < -0.39 is 0 Å². The van der Waals surface area contributed by atoms with Crippen LogP contribution in [0.4, 0.5) is 0 Å². The van der Waals surface area contributed by atoms with Crippen LogP contribution in [0.3, 0.4) is 0 Å². The van der Waals surface area contributed by atoms with E-state index in [9.17, 15) is 0 Å². The standard InChI is InChI=1S/C8H14ClN3/c1-5(2)7-10-8(9)11-12(7)6(3)4/h5-6H,1-4H3. The van der Waals surface area contributed by atoms with Crippen LogP contribution in [0.15, 0.2) is 0 Å². The van der Waals surface area contributed by atoms with Crippen LogP contribution >= 0.6 is 11.6 Å². The van der Waals surface area contributed by atoms with E-state index in [2.05, 4.69) is 37.8 Å². The first-order valence-corrected chi connectivity index (χ1v) is 4.52. The maximum atomic E-state index is 5.71. The van der Waals surface area contributed by atoms with Crippen molar-refractivity contribution in [1.82, 2.24) is 14.8 Å². The lowest BCUT2D eigenvalue weighted by Gasteiger charge is -2.10. The van der Waals surface area contributed by atoms with Crippen LogP contribution < -0.4 is 0 Å². The van der Waals surface area contributed by atoms with E-state index >= 15 is 0 Å². The summed E-state index contributed by atoms with van der Waals surface area (Å²) in [5, 5.41) is 4.44. The fraction of sp³-hybridized carbons (Fsp3) is 0.750. The van der Waals surface area contributed by atoms with Crippen LogP contribution in [0.2, 0.25) is 5.28 Å². The summed E-state index contributed by atoms with van der Waals surface area (Å²) >= 11 is 5.71. The van der Waals surface area contributed by atoms with Gasteiger partial charge in [-0.25, -0.2) is 9.67 Å². The smallest absolute Gasteiger partial charge is 0.242 e. The highest BCUT2D eigenvalue weighted by Crippen LogP contribution is 2.17. The van der Waals surface area contributed by atoms with Gasteiger partial charge in [0.15, 0.2) is 0 Å². The van der Waals surface area contributed by atoms with Crippen molar-refractivity contribution in [3.05, 3.63) is 11.1 Å². The molecule has 0 saturated carbocycles. The minimum Gasteiger partial charge on any atom is -0.246 e. The third-order valence-corrected chi connectivity index (χ3v) is 1.80. The molecule has 0 aliphatic carbocycles. The number of rotatable bonds is 2. The molecule has 0 amide bonds. The fourth-order valence-electron chi connectivity index (χ4n) is 1.08. The van der Waals surface area contributed by atoms with Crippen LogP contribution in [0.5, 0.6) is 0 Å². The Morgan fingerprint density at radius 2 is 1.83 bits per heavy atom. The third kappa shape index (κ3) is 1.78. The number of hydrogen-bond acceptors (Lipinski definition) is 2. The molecule has 12 heavy (non-hydrogen) atoms. The maximum Gasteiger partial charge on any atom is 0.242 e. The Bertz CT molecular complexity index is 240. The summed E-state index contributed by atoms with van der Waals surface area (Å²) in [6, 6.07) is 0.322. The molecule has 0 atom stereocenters. The molecule has 1 rings (SSSR count). The molecular weight excluding hydrogens is 174 g/mol. The van der Waals surface area contributed by atoms with Crippen molar-refractivity contribution in [2.24, 2.45) is 0 Å². The molecule has 68 valence electrons. The normalized spacial score (nSPS) is 11.6. The van der Waals surface area contributed by atoms with Crippen LogP contribution in [-0.2, 0) is 0 Å². The van der Waals surface area contributed by atoms with Gasteiger partial charge in [-0.15, -0.1) is 5.10 Å². The number of halogens is 1. The summed E-state index contributed by atoms with van der Waals surface area (Å²) in [6.07, 6.45) is 0. The third-order valence-electron chi connectivity index (χ3n) is 1.64. The van der Waals surface area contributed by atoms with Gasteiger partial charge in [0, 0.05) is 12.0 Å². The molecule has 0 saturated heterocycles. The second kappa shape index (κ2) is 3.44. The average molecular weight is 188 g/mol. The summed E-state index contributed by atoms with van der Waals surface area (Å²) in [7, 11) is 0. The van der Waals surface area contributed by atoms with Gasteiger partial charge >= 0.3 is 0 Å². The summed E-state index contributed by atoms with van der Waals surface area (Å²) in [5.74, 6) is 1.32. The Labute approximate surface area is 77.8 Å². The van der Waals surface area contributed by atoms with Crippen LogP contribution in [-0.4, -0.2) is 14.8 Å². The Balaban J connectivity index is 3.08. The Morgan fingerprint density at radius 1 is 1.25 bits per heavy atom. The van der Waals surface area contributed by atoms with E-state index in [1.165, 1.54) is 0 Å². The van der Waals surface area contributed by atoms with Gasteiger partial charge in [0.1, 0.15) is 5.82 Å². The van der Waals surface area contributed by atoms with Gasteiger partial charge in [0.25, 0.3) is 0 Å². The molecule has 1 aromatic rings. The van der Waals surface area contributed by atoms with E-state index in [-0.39, 0.29) is 0 Å². The molecular formula is C8H14ClN3. The largest absolute Gasteiger partial charge is 0.246 e. The van der Waals surface area contributed by atoms with Gasteiger partial charge < -0.3 is 0 Å². The van der Waals surface area contributed by atoms with Crippen molar-refractivity contribution in [3.63, 3.8) is 0 Å². The van der Waals surface area contributed by atoms with Crippen LogP contribution in [0.25, 0.3) is 0 Å². The van der Waals surface area contributed by atoms with E-state index in [1.807, 2.05) is 4.68 Å². The molecule has 1 heterocycles. The lowest BCUT2D eigenvalue weighted by molar-refractivity contribution is 0.492. The lowest BCUT2D eigenvalue weighted by atomic mass is 10.2. The summed E-state index contributed by atoms with van der Waals surface area (Å²) in [5.41, 5.74) is 0. The molecule has 0 aliphatic rings. The second-order valence-electron chi connectivity index (χ2n) is 3.43.